The molecule has 3 rings (SSSR count). The van der Waals surface area contributed by atoms with E-state index in [4.69, 9.17) is 11.1 Å². The molecule has 2 aromatic rings. The Balaban J connectivity index is -0.000000519. The Morgan fingerprint density at radius 1 is 0.533 bits per heavy atom. The lowest BCUT2D eigenvalue weighted by atomic mass is 10.2. The molecular weight excluding hydrogens is 372 g/mol. The predicted octanol–water partition coefficient (Wildman–Crippen LogP) is 7.39. The maximum atomic E-state index is 5.83. The van der Waals surface area contributed by atoms with E-state index in [9.17, 15) is 0 Å². The molecule has 1 aliphatic rings. The molecule has 6 nitrogen and oxygen atoms in total. The standard InChI is InChI=1S/C16H18N2.3C2H6.2CH4N2/c1-3-7-15(8-4-1)17-11-13-18(14-12-17)16-9-5-2-6-10-16;3*1-2;2*1-3-2/h1-10H,11-14H2;3*1-2H3;2*2H,1H3. The van der Waals surface area contributed by atoms with Crippen molar-refractivity contribution in [3.63, 3.8) is 0 Å². The van der Waals surface area contributed by atoms with E-state index in [0.29, 0.717) is 0 Å². The average molecular weight is 417 g/mol. The molecule has 30 heavy (non-hydrogen) atoms. The van der Waals surface area contributed by atoms with Crippen molar-refractivity contribution < 1.29 is 0 Å². The van der Waals surface area contributed by atoms with Crippen LogP contribution in [0.5, 0.6) is 0 Å². The quantitative estimate of drug-likeness (QED) is 0.501. The fraction of sp³-hybridized carbons (Fsp3) is 0.500. The zero-order valence-electron chi connectivity index (χ0n) is 20.4. The summed E-state index contributed by atoms with van der Waals surface area (Å²) in [5.41, 5.74) is 14.3. The topological polar surface area (TPSA) is 78.9 Å². The molecular formula is C24H44N6. The van der Waals surface area contributed by atoms with Crippen molar-refractivity contribution in [3.8, 4) is 0 Å². The van der Waals surface area contributed by atoms with Gasteiger partial charge in [0.25, 0.3) is 0 Å². The van der Waals surface area contributed by atoms with Crippen molar-refractivity contribution in [1.29, 1.82) is 11.1 Å². The van der Waals surface area contributed by atoms with Crippen molar-refractivity contribution in [2.24, 2.45) is 10.2 Å². The summed E-state index contributed by atoms with van der Waals surface area (Å²) in [5, 5.41) is 5.50. The smallest absolute Gasteiger partial charge is 0.0485 e. The second-order valence-electron chi connectivity index (χ2n) is 5.09. The fourth-order valence-corrected chi connectivity index (χ4v) is 2.50. The van der Waals surface area contributed by atoms with E-state index in [1.807, 2.05) is 41.5 Å². The van der Waals surface area contributed by atoms with Gasteiger partial charge in [0.2, 0.25) is 0 Å². The largest absolute Gasteiger partial charge is 0.368 e. The van der Waals surface area contributed by atoms with Gasteiger partial charge < -0.3 is 9.80 Å². The van der Waals surface area contributed by atoms with Crippen LogP contribution in [0.25, 0.3) is 0 Å². The van der Waals surface area contributed by atoms with Crippen LogP contribution >= 0.6 is 0 Å². The first-order valence-corrected chi connectivity index (χ1v) is 10.9. The number of piperazine rings is 1. The Labute approximate surface area is 185 Å². The molecule has 0 amide bonds. The number of nitrogens with zero attached hydrogens (tertiary/aromatic N) is 4. The second kappa shape index (κ2) is 26.2. The molecule has 6 heteroatoms. The molecule has 2 aromatic carbocycles. The van der Waals surface area contributed by atoms with Crippen molar-refractivity contribution in [2.75, 3.05) is 50.1 Å². The molecule has 1 saturated heterocycles. The summed E-state index contributed by atoms with van der Waals surface area (Å²) in [6, 6.07) is 21.4. The number of para-hydroxylation sites is 2. The molecule has 0 atom stereocenters. The van der Waals surface area contributed by atoms with Crippen LogP contribution in [0.2, 0.25) is 0 Å². The molecule has 0 aliphatic carbocycles. The van der Waals surface area contributed by atoms with Crippen LogP contribution in [0.4, 0.5) is 11.4 Å². The molecule has 0 radical (unpaired) electrons. The molecule has 0 bridgehead atoms. The van der Waals surface area contributed by atoms with Crippen molar-refractivity contribution in [3.05, 3.63) is 60.7 Å². The highest BCUT2D eigenvalue weighted by Crippen LogP contribution is 2.19. The van der Waals surface area contributed by atoms with Gasteiger partial charge >= 0.3 is 0 Å². The molecule has 0 unspecified atom stereocenters. The van der Waals surface area contributed by atoms with Crippen LogP contribution in [0.15, 0.2) is 70.9 Å². The molecule has 1 aliphatic heterocycles. The summed E-state index contributed by atoms with van der Waals surface area (Å²) in [5.74, 6) is 0. The first-order valence-electron chi connectivity index (χ1n) is 10.9. The number of rotatable bonds is 2. The van der Waals surface area contributed by atoms with Gasteiger partial charge in [-0.15, -0.1) is 0 Å². The molecule has 0 saturated carbocycles. The van der Waals surface area contributed by atoms with Crippen molar-refractivity contribution in [2.45, 2.75) is 41.5 Å². The van der Waals surface area contributed by atoms with E-state index in [1.165, 1.54) is 25.5 Å². The molecule has 170 valence electrons. The number of nitrogens with one attached hydrogen (secondary N) is 2. The monoisotopic (exact) mass is 416 g/mol. The lowest BCUT2D eigenvalue weighted by molar-refractivity contribution is 0.653. The summed E-state index contributed by atoms with van der Waals surface area (Å²) < 4.78 is 0. The SMILES string of the molecule is CC.CC.CC.CN=N.CN=N.c1ccc(N2CCN(c3ccccc3)CC2)cc1. The Hall–Kier alpha value is -2.76. The number of hydrogen-bond acceptors (Lipinski definition) is 6. The van der Waals surface area contributed by atoms with Crippen molar-refractivity contribution >= 4 is 11.4 Å². The summed E-state index contributed by atoms with van der Waals surface area (Å²) in [7, 11) is 2.83. The van der Waals surface area contributed by atoms with Crippen LogP contribution in [-0.2, 0) is 0 Å². The maximum Gasteiger partial charge on any atom is 0.0485 e. The van der Waals surface area contributed by atoms with Crippen LogP contribution in [0, 0.1) is 11.1 Å². The van der Waals surface area contributed by atoms with Gasteiger partial charge in [-0.3, -0.25) is 0 Å². The average Bonchev–Trinajstić information content (AvgIpc) is 2.85. The van der Waals surface area contributed by atoms with Gasteiger partial charge in [0.05, 0.1) is 0 Å². The lowest BCUT2D eigenvalue weighted by Gasteiger charge is -2.37. The van der Waals surface area contributed by atoms with Gasteiger partial charge in [-0.2, -0.15) is 0 Å². The van der Waals surface area contributed by atoms with Crippen LogP contribution < -0.4 is 9.80 Å². The third-order valence-electron chi connectivity index (χ3n) is 3.52. The fourth-order valence-electron chi connectivity index (χ4n) is 2.50. The molecule has 1 fully saturated rings. The van der Waals surface area contributed by atoms with E-state index >= 15 is 0 Å². The van der Waals surface area contributed by atoms with E-state index in [1.54, 1.807) is 0 Å². The lowest BCUT2D eigenvalue weighted by Crippen LogP contribution is -2.46. The molecule has 2 N–H and O–H groups in total. The van der Waals surface area contributed by atoms with Crippen LogP contribution in [0.1, 0.15) is 41.5 Å². The summed E-state index contributed by atoms with van der Waals surface area (Å²) >= 11 is 0. The van der Waals surface area contributed by atoms with E-state index in [2.05, 4.69) is 80.7 Å². The third kappa shape index (κ3) is 15.2. The van der Waals surface area contributed by atoms with Crippen molar-refractivity contribution in [1.82, 2.24) is 0 Å². The zero-order valence-corrected chi connectivity index (χ0v) is 20.4. The van der Waals surface area contributed by atoms with E-state index in [0.717, 1.165) is 26.2 Å². The van der Waals surface area contributed by atoms with Crippen LogP contribution in [0.3, 0.4) is 0 Å². The zero-order chi connectivity index (χ0) is 23.6. The van der Waals surface area contributed by atoms with Crippen LogP contribution in [-0.4, -0.2) is 40.3 Å². The minimum absolute atomic E-state index is 1.10. The first-order chi connectivity index (χ1) is 14.8. The Kier molecular flexibility index (Phi) is 27.9. The Morgan fingerprint density at radius 3 is 0.933 bits per heavy atom. The highest BCUT2D eigenvalue weighted by Gasteiger charge is 2.16. The van der Waals surface area contributed by atoms with Gasteiger partial charge in [-0.25, -0.2) is 21.3 Å². The van der Waals surface area contributed by atoms with E-state index < -0.39 is 0 Å². The number of hydrogen-bond donors (Lipinski definition) is 2. The van der Waals surface area contributed by atoms with Gasteiger partial charge in [0.15, 0.2) is 0 Å². The normalized spacial score (nSPS) is 10.9. The predicted molar refractivity (Wildman–Crippen MR) is 133 cm³/mol. The maximum absolute atomic E-state index is 5.83. The number of benzene rings is 2. The van der Waals surface area contributed by atoms with E-state index in [-0.39, 0.29) is 0 Å². The molecule has 0 aromatic heterocycles. The molecule has 0 spiro atoms. The highest BCUT2D eigenvalue weighted by atomic mass is 15.3. The van der Waals surface area contributed by atoms with Gasteiger partial charge in [0.1, 0.15) is 0 Å². The van der Waals surface area contributed by atoms with Gasteiger partial charge in [0, 0.05) is 51.6 Å². The Morgan fingerprint density at radius 2 is 0.733 bits per heavy atom. The second-order valence-corrected chi connectivity index (χ2v) is 5.09. The summed E-state index contributed by atoms with van der Waals surface area (Å²) in [4.78, 5) is 4.92. The minimum Gasteiger partial charge on any atom is -0.368 e. The molecule has 1 heterocycles. The Bertz CT molecular complexity index is 513. The highest BCUT2D eigenvalue weighted by molar-refractivity contribution is 5.51. The summed E-state index contributed by atoms with van der Waals surface area (Å²) in [6.07, 6.45) is 0. The van der Waals surface area contributed by atoms with Gasteiger partial charge in [-0.1, -0.05) is 77.9 Å². The minimum atomic E-state index is 1.10. The number of anilines is 2. The summed E-state index contributed by atoms with van der Waals surface area (Å²) in [6.45, 7) is 16.4. The van der Waals surface area contributed by atoms with Gasteiger partial charge in [-0.05, 0) is 24.3 Å². The first kappa shape index (κ1) is 31.9. The third-order valence-corrected chi connectivity index (χ3v) is 3.52.